The van der Waals surface area contributed by atoms with Crippen LogP contribution < -0.4 is 16.0 Å². The molecule has 3 rings (SSSR count). The molecule has 7 heteroatoms. The van der Waals surface area contributed by atoms with Crippen LogP contribution in [0.4, 0.5) is 5.82 Å². The number of benzene rings is 1. The van der Waals surface area contributed by atoms with Gasteiger partial charge in [0.05, 0.1) is 11.6 Å². The predicted molar refractivity (Wildman–Crippen MR) is 95.3 cm³/mol. The number of nitrogens with zero attached hydrogens (tertiary/aromatic N) is 1. The van der Waals surface area contributed by atoms with Crippen LogP contribution in [-0.4, -0.2) is 21.1 Å². The Morgan fingerprint density at radius 2 is 2.00 bits per heavy atom. The fraction of sp³-hybridized carbons (Fsp3) is 0.118. The van der Waals surface area contributed by atoms with Crippen molar-refractivity contribution >= 4 is 29.1 Å². The average Bonchev–Trinajstić information content (AvgIpc) is 2.55. The fourth-order valence-electron chi connectivity index (χ4n) is 2.53. The molecule has 1 atom stereocenters. The van der Waals surface area contributed by atoms with Gasteiger partial charge in [0, 0.05) is 11.9 Å². The van der Waals surface area contributed by atoms with Crippen molar-refractivity contribution in [3.63, 3.8) is 0 Å². The predicted octanol–water partition coefficient (Wildman–Crippen LogP) is 2.22. The molecule has 6 nitrogen and oxygen atoms in total. The Labute approximate surface area is 144 Å². The Hall–Kier alpha value is -2.93. The van der Waals surface area contributed by atoms with Crippen molar-refractivity contribution in [2.45, 2.75) is 13.0 Å². The minimum absolute atomic E-state index is 0.162. The molecule has 122 valence electrons. The van der Waals surface area contributed by atoms with E-state index >= 15 is 0 Å². The van der Waals surface area contributed by atoms with Crippen molar-refractivity contribution in [2.75, 3.05) is 5.32 Å². The summed E-state index contributed by atoms with van der Waals surface area (Å²) in [6, 6.07) is 11.5. The van der Waals surface area contributed by atoms with E-state index in [1.54, 1.807) is 55.6 Å². The van der Waals surface area contributed by atoms with Gasteiger partial charge in [-0.25, -0.2) is 4.98 Å². The van der Waals surface area contributed by atoms with E-state index in [9.17, 15) is 9.90 Å². The Kier molecular flexibility index (Phi) is 4.43. The molecule has 0 bridgehead atoms. The lowest BCUT2D eigenvalue weighted by Gasteiger charge is -2.30. The Bertz CT molecular complexity index is 803. The molecule has 1 aromatic heterocycles. The summed E-state index contributed by atoms with van der Waals surface area (Å²) in [5.41, 5.74) is 2.01. The summed E-state index contributed by atoms with van der Waals surface area (Å²) in [7, 11) is 0. The minimum Gasteiger partial charge on any atom is -0.508 e. The number of phenols is 1. The summed E-state index contributed by atoms with van der Waals surface area (Å²) in [5, 5.41) is 18.8. The van der Waals surface area contributed by atoms with E-state index in [1.807, 2.05) is 0 Å². The van der Waals surface area contributed by atoms with Crippen molar-refractivity contribution in [3.05, 3.63) is 65.5 Å². The topological polar surface area (TPSA) is 86.3 Å². The van der Waals surface area contributed by atoms with E-state index < -0.39 is 6.04 Å². The number of anilines is 1. The zero-order chi connectivity index (χ0) is 17.1. The molecule has 0 saturated carbocycles. The molecule has 2 aromatic rings. The van der Waals surface area contributed by atoms with Crippen LogP contribution in [0.25, 0.3) is 0 Å². The van der Waals surface area contributed by atoms with Gasteiger partial charge in [0.2, 0.25) is 0 Å². The second-order valence-corrected chi connectivity index (χ2v) is 5.74. The summed E-state index contributed by atoms with van der Waals surface area (Å²) in [6.07, 6.45) is 1.61. The molecular formula is C17H16N4O2S. The number of carbonyl (C=O) groups excluding carboxylic acids is 1. The summed E-state index contributed by atoms with van der Waals surface area (Å²) in [6.45, 7) is 1.80. The lowest BCUT2D eigenvalue weighted by atomic mass is 9.95. The number of rotatable bonds is 3. The van der Waals surface area contributed by atoms with Crippen molar-refractivity contribution in [1.29, 1.82) is 0 Å². The van der Waals surface area contributed by atoms with Crippen LogP contribution in [0.5, 0.6) is 5.75 Å². The SMILES string of the molecule is CC1=C(C(=O)Nc2ccccn2)[C@@H](c2ccc(O)cc2)NC(=S)N1. The maximum Gasteiger partial charge on any atom is 0.256 e. The molecule has 0 saturated heterocycles. The Morgan fingerprint density at radius 3 is 2.67 bits per heavy atom. The molecule has 4 N–H and O–H groups in total. The highest BCUT2D eigenvalue weighted by molar-refractivity contribution is 7.80. The number of amides is 1. The molecule has 1 aromatic carbocycles. The van der Waals surface area contributed by atoms with Crippen molar-refractivity contribution in [1.82, 2.24) is 15.6 Å². The molecule has 2 heterocycles. The number of aromatic nitrogens is 1. The normalized spacial score (nSPS) is 17.0. The smallest absolute Gasteiger partial charge is 0.256 e. The fourth-order valence-corrected chi connectivity index (χ4v) is 2.80. The van der Waals surface area contributed by atoms with Gasteiger partial charge in [-0.3, -0.25) is 4.79 Å². The van der Waals surface area contributed by atoms with Crippen LogP contribution >= 0.6 is 12.2 Å². The largest absolute Gasteiger partial charge is 0.508 e. The molecule has 0 aliphatic carbocycles. The van der Waals surface area contributed by atoms with Crippen molar-refractivity contribution in [3.8, 4) is 5.75 Å². The molecule has 1 amide bonds. The van der Waals surface area contributed by atoms with Gasteiger partial charge in [-0.1, -0.05) is 18.2 Å². The number of hydrogen-bond acceptors (Lipinski definition) is 4. The van der Waals surface area contributed by atoms with E-state index in [0.29, 0.717) is 22.2 Å². The molecule has 0 radical (unpaired) electrons. The van der Waals surface area contributed by atoms with E-state index in [0.717, 1.165) is 5.56 Å². The number of nitrogens with one attached hydrogen (secondary N) is 3. The molecule has 24 heavy (non-hydrogen) atoms. The quantitative estimate of drug-likeness (QED) is 0.641. The standard InChI is InChI=1S/C17H16N4O2S/c1-10-14(16(23)20-13-4-2-3-9-18-13)15(21-17(24)19-10)11-5-7-12(22)8-6-11/h2-9,15,22H,1H3,(H,18,20,23)(H2,19,21,24)/t15-/m1/s1. The minimum atomic E-state index is -0.414. The third-order valence-electron chi connectivity index (χ3n) is 3.65. The van der Waals surface area contributed by atoms with Crippen molar-refractivity contribution in [2.24, 2.45) is 0 Å². The number of carbonyl (C=O) groups is 1. The average molecular weight is 340 g/mol. The number of phenolic OH excluding ortho intramolecular Hbond substituents is 1. The first-order valence-electron chi connectivity index (χ1n) is 7.34. The highest BCUT2D eigenvalue weighted by Gasteiger charge is 2.30. The second-order valence-electron chi connectivity index (χ2n) is 5.33. The van der Waals surface area contributed by atoms with E-state index in [1.165, 1.54) is 0 Å². The van der Waals surface area contributed by atoms with Gasteiger partial charge < -0.3 is 21.1 Å². The molecular weight excluding hydrogens is 324 g/mol. The number of hydrogen-bond donors (Lipinski definition) is 4. The van der Waals surface area contributed by atoms with Crippen LogP contribution in [0, 0.1) is 0 Å². The van der Waals surface area contributed by atoms with Crippen LogP contribution in [0.2, 0.25) is 0 Å². The van der Waals surface area contributed by atoms with Crippen LogP contribution in [0.1, 0.15) is 18.5 Å². The lowest BCUT2D eigenvalue weighted by molar-refractivity contribution is -0.113. The van der Waals surface area contributed by atoms with E-state index in [4.69, 9.17) is 12.2 Å². The first kappa shape index (κ1) is 15.9. The number of pyridine rings is 1. The van der Waals surface area contributed by atoms with Crippen LogP contribution in [-0.2, 0) is 4.79 Å². The summed E-state index contributed by atoms with van der Waals surface area (Å²) >= 11 is 5.20. The number of allylic oxidation sites excluding steroid dienone is 1. The Balaban J connectivity index is 1.94. The van der Waals surface area contributed by atoms with Gasteiger partial charge in [0.25, 0.3) is 5.91 Å². The first-order valence-corrected chi connectivity index (χ1v) is 7.75. The van der Waals surface area contributed by atoms with Crippen LogP contribution in [0.15, 0.2) is 59.9 Å². The number of aromatic hydroxyl groups is 1. The molecule has 0 fully saturated rings. The third-order valence-corrected chi connectivity index (χ3v) is 3.87. The van der Waals surface area contributed by atoms with Gasteiger partial charge in [-0.05, 0) is 49.0 Å². The van der Waals surface area contributed by atoms with Gasteiger partial charge in [-0.2, -0.15) is 0 Å². The second kappa shape index (κ2) is 6.67. The molecule has 1 aliphatic rings. The zero-order valence-electron chi connectivity index (χ0n) is 12.9. The summed E-state index contributed by atoms with van der Waals surface area (Å²) in [5.74, 6) is 0.364. The third kappa shape index (κ3) is 3.36. The summed E-state index contributed by atoms with van der Waals surface area (Å²) in [4.78, 5) is 16.9. The zero-order valence-corrected chi connectivity index (χ0v) is 13.7. The highest BCUT2D eigenvalue weighted by Crippen LogP contribution is 2.28. The van der Waals surface area contributed by atoms with E-state index in [-0.39, 0.29) is 11.7 Å². The summed E-state index contributed by atoms with van der Waals surface area (Å²) < 4.78 is 0. The van der Waals surface area contributed by atoms with Crippen molar-refractivity contribution < 1.29 is 9.90 Å². The maximum absolute atomic E-state index is 12.8. The lowest BCUT2D eigenvalue weighted by Crippen LogP contribution is -2.45. The molecule has 0 unspecified atom stereocenters. The van der Waals surface area contributed by atoms with E-state index in [2.05, 4.69) is 20.9 Å². The Morgan fingerprint density at radius 1 is 1.25 bits per heavy atom. The van der Waals surface area contributed by atoms with Crippen LogP contribution in [0.3, 0.4) is 0 Å². The highest BCUT2D eigenvalue weighted by atomic mass is 32.1. The first-order chi connectivity index (χ1) is 11.5. The molecule has 1 aliphatic heterocycles. The van der Waals surface area contributed by atoms with Gasteiger partial charge in [0.1, 0.15) is 11.6 Å². The monoisotopic (exact) mass is 340 g/mol. The molecule has 0 spiro atoms. The van der Waals surface area contributed by atoms with Gasteiger partial charge in [-0.15, -0.1) is 0 Å². The van der Waals surface area contributed by atoms with Gasteiger partial charge in [0.15, 0.2) is 5.11 Å². The van der Waals surface area contributed by atoms with Gasteiger partial charge >= 0.3 is 0 Å². The number of thiocarbonyl (C=S) groups is 1. The maximum atomic E-state index is 12.8.